The van der Waals surface area contributed by atoms with Gasteiger partial charge in [0.2, 0.25) is 10.0 Å². The second-order valence-electron chi connectivity index (χ2n) is 4.58. The zero-order valence-corrected chi connectivity index (χ0v) is 10.5. The van der Waals surface area contributed by atoms with E-state index in [0.717, 1.165) is 32.1 Å². The predicted octanol–water partition coefficient (Wildman–Crippen LogP) is 0.953. The summed E-state index contributed by atoms with van der Waals surface area (Å²) in [5.74, 6) is 0. The monoisotopic (exact) mass is 257 g/mol. The van der Waals surface area contributed by atoms with Crippen molar-refractivity contribution in [3.63, 3.8) is 0 Å². The molecule has 1 aliphatic rings. The van der Waals surface area contributed by atoms with Crippen LogP contribution in [0.5, 0.6) is 0 Å². The zero-order chi connectivity index (χ0) is 12.3. The van der Waals surface area contributed by atoms with Crippen molar-refractivity contribution >= 4 is 10.0 Å². The van der Waals surface area contributed by atoms with Gasteiger partial charge in [-0.2, -0.15) is 0 Å². The fraction of sp³-hybridized carbons (Fsp3) is 0.636. The Bertz CT molecular complexity index is 441. The summed E-state index contributed by atoms with van der Waals surface area (Å²) >= 11 is 0. The summed E-state index contributed by atoms with van der Waals surface area (Å²) < 4.78 is 26.8. The first-order valence-corrected chi connectivity index (χ1v) is 7.48. The molecule has 2 unspecified atom stereocenters. The summed E-state index contributed by atoms with van der Waals surface area (Å²) in [6.07, 6.45) is 8.05. The van der Waals surface area contributed by atoms with Crippen LogP contribution in [0.25, 0.3) is 0 Å². The second-order valence-corrected chi connectivity index (χ2v) is 6.29. The third-order valence-electron chi connectivity index (χ3n) is 3.26. The molecule has 1 saturated carbocycles. The number of nitrogens with one attached hydrogen (secondary N) is 2. The molecule has 6 heteroatoms. The van der Waals surface area contributed by atoms with Gasteiger partial charge in [0.1, 0.15) is 0 Å². The maximum absolute atomic E-state index is 12.0. The van der Waals surface area contributed by atoms with Crippen LogP contribution in [-0.4, -0.2) is 25.5 Å². The van der Waals surface area contributed by atoms with E-state index < -0.39 is 10.0 Å². The van der Waals surface area contributed by atoms with Gasteiger partial charge < -0.3 is 10.7 Å². The van der Waals surface area contributed by atoms with Crippen molar-refractivity contribution < 1.29 is 8.42 Å². The highest BCUT2D eigenvalue weighted by molar-refractivity contribution is 7.89. The number of sulfonamides is 1. The van der Waals surface area contributed by atoms with Crippen LogP contribution in [0, 0.1) is 0 Å². The van der Waals surface area contributed by atoms with Gasteiger partial charge in [0.15, 0.2) is 0 Å². The van der Waals surface area contributed by atoms with Crippen LogP contribution < -0.4 is 10.5 Å². The van der Waals surface area contributed by atoms with E-state index >= 15 is 0 Å². The van der Waals surface area contributed by atoms with Gasteiger partial charge in [0, 0.05) is 24.5 Å². The van der Waals surface area contributed by atoms with Crippen LogP contribution in [0.1, 0.15) is 32.1 Å². The van der Waals surface area contributed by atoms with Crippen LogP contribution >= 0.6 is 0 Å². The van der Waals surface area contributed by atoms with Crippen LogP contribution in [0.15, 0.2) is 23.4 Å². The molecule has 2 atom stereocenters. The lowest BCUT2D eigenvalue weighted by Crippen LogP contribution is -2.46. The lowest BCUT2D eigenvalue weighted by molar-refractivity contribution is 0.456. The number of hydrogen-bond acceptors (Lipinski definition) is 3. The van der Waals surface area contributed by atoms with Crippen molar-refractivity contribution in [2.24, 2.45) is 5.73 Å². The molecule has 0 radical (unpaired) electrons. The molecule has 1 heterocycles. The maximum atomic E-state index is 12.0. The summed E-state index contributed by atoms with van der Waals surface area (Å²) in [6.45, 7) is 0. The van der Waals surface area contributed by atoms with Crippen LogP contribution in [0.3, 0.4) is 0 Å². The Kier molecular flexibility index (Phi) is 3.86. The molecular formula is C11H19N3O2S. The number of H-pyrrole nitrogens is 1. The Morgan fingerprint density at radius 2 is 2.06 bits per heavy atom. The molecule has 1 aromatic rings. The Morgan fingerprint density at radius 1 is 1.29 bits per heavy atom. The minimum atomic E-state index is -3.43. The smallest absolute Gasteiger partial charge is 0.242 e. The molecule has 5 nitrogen and oxygen atoms in total. The number of aromatic amines is 1. The first kappa shape index (κ1) is 12.6. The minimum Gasteiger partial charge on any atom is -0.366 e. The lowest BCUT2D eigenvalue weighted by Gasteiger charge is -2.22. The van der Waals surface area contributed by atoms with Crippen LogP contribution in [0.4, 0.5) is 0 Å². The SMILES string of the molecule is NC1CCCCCC1NS(=O)(=O)c1cc[nH]c1. The van der Waals surface area contributed by atoms with E-state index in [1.54, 1.807) is 12.3 Å². The third kappa shape index (κ3) is 3.08. The predicted molar refractivity (Wildman–Crippen MR) is 66.0 cm³/mol. The molecule has 0 spiro atoms. The van der Waals surface area contributed by atoms with Gasteiger partial charge in [0.25, 0.3) is 0 Å². The minimum absolute atomic E-state index is 0.0776. The van der Waals surface area contributed by atoms with E-state index in [0.29, 0.717) is 0 Å². The van der Waals surface area contributed by atoms with Gasteiger partial charge in [-0.05, 0) is 18.9 Å². The molecular weight excluding hydrogens is 238 g/mol. The average molecular weight is 257 g/mol. The molecule has 0 aliphatic heterocycles. The van der Waals surface area contributed by atoms with Crippen molar-refractivity contribution in [1.29, 1.82) is 0 Å². The summed E-state index contributed by atoms with van der Waals surface area (Å²) in [6, 6.07) is 1.33. The molecule has 0 saturated heterocycles. The molecule has 2 rings (SSSR count). The summed E-state index contributed by atoms with van der Waals surface area (Å²) in [4.78, 5) is 3.02. The molecule has 1 fully saturated rings. The second kappa shape index (κ2) is 5.20. The van der Waals surface area contributed by atoms with Gasteiger partial charge in [-0.3, -0.25) is 0 Å². The first-order chi connectivity index (χ1) is 8.09. The lowest BCUT2D eigenvalue weighted by atomic mass is 10.1. The standard InChI is InChI=1S/C11H19N3O2S/c12-10-4-2-1-3-5-11(10)14-17(15,16)9-6-7-13-8-9/h6-8,10-11,13-14H,1-5,12H2. The number of nitrogens with two attached hydrogens (primary N) is 1. The van der Waals surface area contributed by atoms with Crippen molar-refractivity contribution in [2.75, 3.05) is 0 Å². The number of aromatic nitrogens is 1. The molecule has 1 aliphatic carbocycles. The topological polar surface area (TPSA) is 88.0 Å². The molecule has 0 bridgehead atoms. The van der Waals surface area contributed by atoms with Crippen LogP contribution in [0.2, 0.25) is 0 Å². The number of hydrogen-bond donors (Lipinski definition) is 3. The molecule has 17 heavy (non-hydrogen) atoms. The Balaban J connectivity index is 2.09. The largest absolute Gasteiger partial charge is 0.366 e. The fourth-order valence-corrected chi connectivity index (χ4v) is 3.52. The van der Waals surface area contributed by atoms with Crippen molar-refractivity contribution in [3.8, 4) is 0 Å². The van der Waals surface area contributed by atoms with E-state index in [1.807, 2.05) is 0 Å². The molecule has 4 N–H and O–H groups in total. The maximum Gasteiger partial charge on any atom is 0.242 e. The third-order valence-corrected chi connectivity index (χ3v) is 4.74. The first-order valence-electron chi connectivity index (χ1n) is 6.00. The van der Waals surface area contributed by atoms with E-state index in [-0.39, 0.29) is 17.0 Å². The highest BCUT2D eigenvalue weighted by Crippen LogP contribution is 2.18. The van der Waals surface area contributed by atoms with E-state index in [1.165, 1.54) is 6.20 Å². The quantitative estimate of drug-likeness (QED) is 0.704. The van der Waals surface area contributed by atoms with Gasteiger partial charge in [-0.25, -0.2) is 13.1 Å². The van der Waals surface area contributed by atoms with Crippen LogP contribution in [-0.2, 0) is 10.0 Å². The van der Waals surface area contributed by atoms with Gasteiger partial charge in [-0.1, -0.05) is 19.3 Å². The fourth-order valence-electron chi connectivity index (χ4n) is 2.23. The van der Waals surface area contributed by atoms with Crippen molar-refractivity contribution in [3.05, 3.63) is 18.5 Å². The molecule has 0 aromatic carbocycles. The highest BCUT2D eigenvalue weighted by atomic mass is 32.2. The van der Waals surface area contributed by atoms with Gasteiger partial charge in [-0.15, -0.1) is 0 Å². The Morgan fingerprint density at radius 3 is 2.76 bits per heavy atom. The molecule has 0 amide bonds. The van der Waals surface area contributed by atoms with E-state index in [2.05, 4.69) is 9.71 Å². The van der Waals surface area contributed by atoms with Gasteiger partial charge >= 0.3 is 0 Å². The Hall–Kier alpha value is -0.850. The Labute approximate surface area is 102 Å². The summed E-state index contributed by atoms with van der Waals surface area (Å²) in [7, 11) is -3.43. The average Bonchev–Trinajstić information content (AvgIpc) is 2.74. The molecule has 1 aromatic heterocycles. The van der Waals surface area contributed by atoms with Crippen molar-refractivity contribution in [2.45, 2.75) is 49.1 Å². The van der Waals surface area contributed by atoms with E-state index in [4.69, 9.17) is 5.73 Å². The molecule has 96 valence electrons. The normalized spacial score (nSPS) is 26.6. The number of rotatable bonds is 3. The van der Waals surface area contributed by atoms with E-state index in [9.17, 15) is 8.42 Å². The summed E-state index contributed by atoms with van der Waals surface area (Å²) in [5, 5.41) is 0. The highest BCUT2D eigenvalue weighted by Gasteiger charge is 2.26. The summed E-state index contributed by atoms with van der Waals surface area (Å²) in [5.41, 5.74) is 6.00. The zero-order valence-electron chi connectivity index (χ0n) is 9.72. The van der Waals surface area contributed by atoms with Crippen molar-refractivity contribution in [1.82, 2.24) is 9.71 Å². The van der Waals surface area contributed by atoms with Gasteiger partial charge in [0.05, 0.1) is 4.90 Å².